The predicted molar refractivity (Wildman–Crippen MR) is 76.7 cm³/mol. The van der Waals surface area contributed by atoms with E-state index >= 15 is 0 Å². The summed E-state index contributed by atoms with van der Waals surface area (Å²) in [5, 5.41) is 13.5. The van der Waals surface area contributed by atoms with Crippen molar-refractivity contribution < 1.29 is 19.4 Å². The molecule has 0 bridgehead atoms. The number of allylic oxidation sites excluding steroid dienone is 1. The van der Waals surface area contributed by atoms with Crippen LogP contribution in [0.3, 0.4) is 0 Å². The van der Waals surface area contributed by atoms with Crippen LogP contribution in [-0.2, 0) is 14.3 Å². The van der Waals surface area contributed by atoms with E-state index in [4.69, 9.17) is 16.3 Å². The minimum absolute atomic E-state index is 0.138. The second kappa shape index (κ2) is 4.99. The van der Waals surface area contributed by atoms with Crippen molar-refractivity contribution in [3.63, 3.8) is 0 Å². The van der Waals surface area contributed by atoms with Crippen LogP contribution in [0.2, 0.25) is 0 Å². The molecule has 1 aliphatic carbocycles. The smallest absolute Gasteiger partial charge is 0.339 e. The molecule has 2 fully saturated rings. The van der Waals surface area contributed by atoms with Crippen LogP contribution in [0, 0.1) is 11.8 Å². The van der Waals surface area contributed by atoms with Gasteiger partial charge in [-0.05, 0) is 32.6 Å². The topological polar surface area (TPSA) is 75.6 Å². The van der Waals surface area contributed by atoms with Crippen molar-refractivity contribution in [3.8, 4) is 0 Å². The standard InChI is InChI=1S/C15H20ClNO4/c1-14-10(7-8-16)12(19)17-15(14,13(20)21-14)11(18)9-5-3-2-4-6-9/h3,5,9-11,18H,2,4,6-8H2,1H3,(H,17,19)/t9?,10?,11?,14-,15+/m0/s1. The maximum Gasteiger partial charge on any atom is 0.339 e. The van der Waals surface area contributed by atoms with Gasteiger partial charge in [-0.15, -0.1) is 11.6 Å². The van der Waals surface area contributed by atoms with Gasteiger partial charge in [0.15, 0.2) is 5.60 Å². The highest BCUT2D eigenvalue weighted by Gasteiger charge is 2.79. The lowest BCUT2D eigenvalue weighted by molar-refractivity contribution is -0.238. The van der Waals surface area contributed by atoms with Crippen molar-refractivity contribution in [2.24, 2.45) is 11.8 Å². The molecule has 2 N–H and O–H groups in total. The number of halogens is 1. The third-order valence-corrected chi connectivity index (χ3v) is 5.47. The molecule has 5 nitrogen and oxygen atoms in total. The van der Waals surface area contributed by atoms with Gasteiger partial charge in [-0.1, -0.05) is 12.2 Å². The third-order valence-electron chi connectivity index (χ3n) is 5.25. The van der Waals surface area contributed by atoms with Gasteiger partial charge in [0.25, 0.3) is 0 Å². The Morgan fingerprint density at radius 2 is 2.33 bits per heavy atom. The molecule has 0 aromatic heterocycles. The molecular weight excluding hydrogens is 294 g/mol. The monoisotopic (exact) mass is 313 g/mol. The fraction of sp³-hybridized carbons (Fsp3) is 0.733. The lowest BCUT2D eigenvalue weighted by Crippen LogP contribution is -2.80. The molecular formula is C15H20ClNO4. The fourth-order valence-corrected chi connectivity index (χ4v) is 4.21. The molecule has 3 aliphatic rings. The van der Waals surface area contributed by atoms with E-state index in [1.54, 1.807) is 6.92 Å². The van der Waals surface area contributed by atoms with E-state index in [2.05, 4.69) is 5.32 Å². The van der Waals surface area contributed by atoms with E-state index in [9.17, 15) is 14.7 Å². The quantitative estimate of drug-likeness (QED) is 0.463. The Kier molecular flexibility index (Phi) is 3.53. The van der Waals surface area contributed by atoms with Gasteiger partial charge >= 0.3 is 5.97 Å². The van der Waals surface area contributed by atoms with Gasteiger partial charge < -0.3 is 15.2 Å². The lowest BCUT2D eigenvalue weighted by Gasteiger charge is -2.54. The van der Waals surface area contributed by atoms with Crippen molar-refractivity contribution >= 4 is 23.5 Å². The molecule has 5 atom stereocenters. The molecule has 0 aromatic rings. The van der Waals surface area contributed by atoms with Crippen LogP contribution in [-0.4, -0.2) is 40.1 Å². The van der Waals surface area contributed by atoms with Gasteiger partial charge in [-0.3, -0.25) is 4.79 Å². The van der Waals surface area contributed by atoms with Crippen LogP contribution in [0.15, 0.2) is 12.2 Å². The Balaban J connectivity index is 1.94. The maximum atomic E-state index is 12.2. The third kappa shape index (κ3) is 1.80. The largest absolute Gasteiger partial charge is 0.453 e. The molecule has 2 saturated heterocycles. The molecule has 3 rings (SSSR count). The Bertz CT molecular complexity index is 508. The Morgan fingerprint density at radius 3 is 2.90 bits per heavy atom. The van der Waals surface area contributed by atoms with E-state index in [1.807, 2.05) is 12.2 Å². The zero-order valence-corrected chi connectivity index (χ0v) is 12.7. The second-order valence-corrected chi connectivity index (χ2v) is 6.67. The summed E-state index contributed by atoms with van der Waals surface area (Å²) >= 11 is 5.76. The van der Waals surface area contributed by atoms with Crippen LogP contribution >= 0.6 is 11.6 Å². The van der Waals surface area contributed by atoms with Gasteiger partial charge in [0, 0.05) is 11.8 Å². The first kappa shape index (κ1) is 14.9. The summed E-state index contributed by atoms with van der Waals surface area (Å²) in [6.07, 6.45) is 6.17. The van der Waals surface area contributed by atoms with Gasteiger partial charge in [-0.2, -0.15) is 0 Å². The van der Waals surface area contributed by atoms with Crippen molar-refractivity contribution in [1.29, 1.82) is 0 Å². The van der Waals surface area contributed by atoms with Gasteiger partial charge in [0.2, 0.25) is 11.4 Å². The summed E-state index contributed by atoms with van der Waals surface area (Å²) in [5.74, 6) is -1.14. The number of hydrogen-bond donors (Lipinski definition) is 2. The summed E-state index contributed by atoms with van der Waals surface area (Å²) in [6, 6.07) is 0. The van der Waals surface area contributed by atoms with Gasteiger partial charge in [0.05, 0.1) is 12.0 Å². The zero-order valence-electron chi connectivity index (χ0n) is 12.0. The summed E-state index contributed by atoms with van der Waals surface area (Å²) in [5.41, 5.74) is -2.34. The lowest BCUT2D eigenvalue weighted by atomic mass is 9.64. The van der Waals surface area contributed by atoms with Gasteiger partial charge in [0.1, 0.15) is 0 Å². The number of ether oxygens (including phenoxy) is 1. The average molecular weight is 314 g/mol. The summed E-state index contributed by atoms with van der Waals surface area (Å²) < 4.78 is 5.34. The van der Waals surface area contributed by atoms with Crippen molar-refractivity contribution in [1.82, 2.24) is 5.32 Å². The number of nitrogens with one attached hydrogen (secondary N) is 1. The van der Waals surface area contributed by atoms with E-state index in [0.717, 1.165) is 19.3 Å². The van der Waals surface area contributed by atoms with E-state index < -0.39 is 29.1 Å². The predicted octanol–water partition coefficient (Wildman–Crippen LogP) is 1.13. The first-order chi connectivity index (χ1) is 9.97. The molecule has 2 aliphatic heterocycles. The summed E-state index contributed by atoms with van der Waals surface area (Å²) in [6.45, 7) is 1.72. The van der Waals surface area contributed by atoms with Crippen molar-refractivity contribution in [3.05, 3.63) is 12.2 Å². The minimum atomic E-state index is -1.33. The number of esters is 1. The molecule has 116 valence electrons. The Hall–Kier alpha value is -1.07. The minimum Gasteiger partial charge on any atom is -0.453 e. The molecule has 1 amide bonds. The number of rotatable bonds is 4. The molecule has 0 aromatic carbocycles. The molecule has 6 heteroatoms. The highest BCUT2D eigenvalue weighted by molar-refractivity contribution is 6.18. The highest BCUT2D eigenvalue weighted by atomic mass is 35.5. The fourth-order valence-electron chi connectivity index (χ4n) is 3.99. The summed E-state index contributed by atoms with van der Waals surface area (Å²) in [4.78, 5) is 24.4. The number of fused-ring (bicyclic) bond motifs is 1. The number of carbonyl (C=O) groups is 2. The molecule has 2 heterocycles. The summed E-state index contributed by atoms with van der Waals surface area (Å²) in [7, 11) is 0. The maximum absolute atomic E-state index is 12.2. The van der Waals surface area contributed by atoms with Crippen LogP contribution in [0.5, 0.6) is 0 Å². The molecule has 21 heavy (non-hydrogen) atoms. The normalized spacial score (nSPS) is 42.8. The first-order valence-corrected chi connectivity index (χ1v) is 7.97. The second-order valence-electron chi connectivity index (χ2n) is 6.29. The average Bonchev–Trinajstić information content (AvgIpc) is 2.65. The SMILES string of the molecule is C[C@@]12OC(=O)[C@@]1(C(O)C1C=CCCC1)NC(=O)C2CCCl. The molecule has 3 unspecified atom stereocenters. The first-order valence-electron chi connectivity index (χ1n) is 7.43. The van der Waals surface area contributed by atoms with Crippen molar-refractivity contribution in [2.75, 3.05) is 5.88 Å². The van der Waals surface area contributed by atoms with Gasteiger partial charge in [-0.25, -0.2) is 4.79 Å². The number of hydrogen-bond acceptors (Lipinski definition) is 4. The zero-order chi connectivity index (χ0) is 15.3. The van der Waals surface area contributed by atoms with Crippen molar-refractivity contribution in [2.45, 2.75) is 49.9 Å². The molecule has 0 spiro atoms. The Morgan fingerprint density at radius 1 is 1.57 bits per heavy atom. The van der Waals surface area contributed by atoms with Crippen LogP contribution < -0.4 is 5.32 Å². The molecule has 0 saturated carbocycles. The number of alkyl halides is 1. The van der Waals surface area contributed by atoms with E-state index in [-0.39, 0.29) is 11.8 Å². The van der Waals surface area contributed by atoms with Crippen LogP contribution in [0.1, 0.15) is 32.6 Å². The number of aliphatic hydroxyl groups excluding tert-OH is 1. The van der Waals surface area contributed by atoms with Crippen LogP contribution in [0.25, 0.3) is 0 Å². The number of amides is 1. The van der Waals surface area contributed by atoms with E-state index in [1.165, 1.54) is 0 Å². The number of aliphatic hydroxyl groups is 1. The highest BCUT2D eigenvalue weighted by Crippen LogP contribution is 2.53. The number of carbonyl (C=O) groups excluding carboxylic acids is 2. The molecule has 0 radical (unpaired) electrons. The Labute approximate surface area is 128 Å². The van der Waals surface area contributed by atoms with Crippen LogP contribution in [0.4, 0.5) is 0 Å². The van der Waals surface area contributed by atoms with E-state index in [0.29, 0.717) is 12.3 Å².